The van der Waals surface area contributed by atoms with E-state index in [0.29, 0.717) is 35.5 Å². The van der Waals surface area contributed by atoms with Crippen LogP contribution in [0.3, 0.4) is 0 Å². The number of carbonyl (C=O) groups excluding carboxylic acids is 1. The first-order valence-electron chi connectivity index (χ1n) is 14.5. The molecule has 4 aromatic rings. The summed E-state index contributed by atoms with van der Waals surface area (Å²) in [6.07, 6.45) is 4.04. The quantitative estimate of drug-likeness (QED) is 0.127. The molecule has 0 fully saturated rings. The first-order valence-corrected chi connectivity index (χ1v) is 14.5. The second kappa shape index (κ2) is 13.5. The summed E-state index contributed by atoms with van der Waals surface area (Å²) in [5.74, 6) is 3.31. The molecule has 1 aliphatic rings. The van der Waals surface area contributed by atoms with Crippen molar-refractivity contribution in [3.8, 4) is 17.6 Å². The van der Waals surface area contributed by atoms with Gasteiger partial charge in [-0.15, -0.1) is 0 Å². The number of ether oxygens (including phenoxy) is 1. The van der Waals surface area contributed by atoms with Gasteiger partial charge in [0.25, 0.3) is 0 Å². The van der Waals surface area contributed by atoms with E-state index < -0.39 is 29.4 Å². The molecule has 0 saturated heterocycles. The molecule has 3 aromatic heterocycles. The molecule has 13 heteroatoms. The minimum absolute atomic E-state index is 0.0438. The van der Waals surface area contributed by atoms with Crippen molar-refractivity contribution in [3.63, 3.8) is 0 Å². The van der Waals surface area contributed by atoms with Crippen LogP contribution in [0.5, 0.6) is 5.75 Å². The van der Waals surface area contributed by atoms with Crippen LogP contribution in [-0.2, 0) is 18.0 Å². The van der Waals surface area contributed by atoms with Gasteiger partial charge >= 0.3 is 6.18 Å². The van der Waals surface area contributed by atoms with Crippen LogP contribution in [0.25, 0.3) is 5.65 Å². The Morgan fingerprint density at radius 1 is 1.17 bits per heavy atom. The Labute approximate surface area is 263 Å². The van der Waals surface area contributed by atoms with E-state index in [1.165, 1.54) is 12.1 Å². The molecule has 1 atom stereocenters. The van der Waals surface area contributed by atoms with Crippen LogP contribution in [0.4, 0.5) is 34.6 Å². The van der Waals surface area contributed by atoms with Gasteiger partial charge in [0.05, 0.1) is 41.9 Å². The van der Waals surface area contributed by atoms with Gasteiger partial charge in [-0.1, -0.05) is 5.92 Å². The monoisotopic (exact) mass is 635 g/mol. The van der Waals surface area contributed by atoms with Crippen molar-refractivity contribution in [2.24, 2.45) is 13.0 Å². The number of amides is 1. The van der Waals surface area contributed by atoms with Gasteiger partial charge in [-0.3, -0.25) is 13.9 Å². The fraction of sp³-hybridized carbons (Fsp3) is 0.303. The predicted octanol–water partition coefficient (Wildman–Crippen LogP) is 6.34. The number of alkyl halides is 3. The van der Waals surface area contributed by atoms with Gasteiger partial charge in [0, 0.05) is 43.3 Å². The number of carbonyl (C=O) groups is 1. The Bertz CT molecular complexity index is 1880. The van der Waals surface area contributed by atoms with E-state index in [2.05, 4.69) is 32.6 Å². The first-order chi connectivity index (χ1) is 21.9. The Morgan fingerprint density at radius 3 is 2.70 bits per heavy atom. The van der Waals surface area contributed by atoms with E-state index in [1.54, 1.807) is 28.4 Å². The largest absolute Gasteiger partial charge is 0.493 e. The molecule has 1 unspecified atom stereocenters. The van der Waals surface area contributed by atoms with Crippen molar-refractivity contribution in [1.82, 2.24) is 24.1 Å². The van der Waals surface area contributed by atoms with Gasteiger partial charge in [-0.05, 0) is 75.7 Å². The number of anilines is 3. The fourth-order valence-corrected chi connectivity index (χ4v) is 4.92. The summed E-state index contributed by atoms with van der Waals surface area (Å²) in [7, 11) is 5.57. The van der Waals surface area contributed by atoms with Gasteiger partial charge in [0.1, 0.15) is 17.3 Å². The van der Waals surface area contributed by atoms with E-state index in [9.17, 15) is 18.0 Å². The Balaban J connectivity index is 1.32. The SMILES string of the molecule is CC1=C(C#Cc2cnc3c(Nc4cnn(C)c4)cccn23)CC(C(=O)Nc2cc(OCCCN(C)C)cc(C(F)(F)F)c2)C(F)=C1. The standard InChI is InChI=1S/C33H33F4N7O2/c1-21-13-29(34)28(32(45)41-24-15-23(33(35,36)37)16-27(17-24)46-12-6-10-42(2)3)14-22(21)8-9-26-19-38-31-30(7-5-11-44(26)31)40-25-18-39-43(4)20-25/h5,7,11,13,15-20,28,40H,6,10,12,14H2,1-4H3,(H,41,45). The van der Waals surface area contributed by atoms with Crippen LogP contribution < -0.4 is 15.4 Å². The van der Waals surface area contributed by atoms with Crippen LogP contribution in [0.15, 0.2) is 78.2 Å². The summed E-state index contributed by atoms with van der Waals surface area (Å²) in [4.78, 5) is 19.6. The molecule has 46 heavy (non-hydrogen) atoms. The average Bonchev–Trinajstić information content (AvgIpc) is 3.60. The Kier molecular flexibility index (Phi) is 9.48. The number of halogens is 4. The molecular weight excluding hydrogens is 602 g/mol. The zero-order chi connectivity index (χ0) is 33.0. The number of imidazole rings is 1. The highest BCUT2D eigenvalue weighted by Crippen LogP contribution is 2.36. The molecule has 0 saturated carbocycles. The number of hydrogen-bond acceptors (Lipinski definition) is 6. The van der Waals surface area contributed by atoms with Crippen molar-refractivity contribution in [2.75, 3.05) is 37.9 Å². The van der Waals surface area contributed by atoms with Crippen LogP contribution in [-0.4, -0.2) is 57.2 Å². The molecule has 1 amide bonds. The Morgan fingerprint density at radius 2 is 1.98 bits per heavy atom. The van der Waals surface area contributed by atoms with Crippen molar-refractivity contribution in [3.05, 3.63) is 89.4 Å². The van der Waals surface area contributed by atoms with Gasteiger partial charge in [-0.2, -0.15) is 18.3 Å². The molecule has 1 aliphatic carbocycles. The second-order valence-electron chi connectivity index (χ2n) is 11.2. The van der Waals surface area contributed by atoms with E-state index in [1.807, 2.05) is 50.6 Å². The van der Waals surface area contributed by atoms with Gasteiger partial charge in [0.2, 0.25) is 5.91 Å². The number of pyridine rings is 1. The lowest BCUT2D eigenvalue weighted by Crippen LogP contribution is -2.26. The van der Waals surface area contributed by atoms with Crippen LogP contribution in [0, 0.1) is 17.8 Å². The lowest BCUT2D eigenvalue weighted by Gasteiger charge is -2.21. The van der Waals surface area contributed by atoms with Crippen LogP contribution in [0.1, 0.15) is 31.0 Å². The van der Waals surface area contributed by atoms with Gasteiger partial charge in [0.15, 0.2) is 5.65 Å². The van der Waals surface area contributed by atoms with Crippen LogP contribution in [0.2, 0.25) is 0 Å². The zero-order valence-electron chi connectivity index (χ0n) is 25.7. The molecule has 0 spiro atoms. The van der Waals surface area contributed by atoms with Crippen molar-refractivity contribution in [1.29, 1.82) is 0 Å². The predicted molar refractivity (Wildman–Crippen MR) is 167 cm³/mol. The van der Waals surface area contributed by atoms with Crippen molar-refractivity contribution >= 4 is 28.6 Å². The number of fused-ring (bicyclic) bond motifs is 1. The molecule has 240 valence electrons. The molecule has 9 nitrogen and oxygen atoms in total. The summed E-state index contributed by atoms with van der Waals surface area (Å²) >= 11 is 0. The van der Waals surface area contributed by atoms with Gasteiger partial charge in [-0.25, -0.2) is 9.37 Å². The summed E-state index contributed by atoms with van der Waals surface area (Å²) in [6, 6.07) is 6.71. The lowest BCUT2D eigenvalue weighted by atomic mass is 9.88. The number of benzene rings is 1. The van der Waals surface area contributed by atoms with Gasteiger partial charge < -0.3 is 20.3 Å². The number of aromatic nitrogens is 4. The number of nitrogens with zero attached hydrogens (tertiary/aromatic N) is 5. The third kappa shape index (κ3) is 7.76. The second-order valence-corrected chi connectivity index (χ2v) is 11.2. The third-order valence-corrected chi connectivity index (χ3v) is 7.27. The highest BCUT2D eigenvalue weighted by atomic mass is 19.4. The van der Waals surface area contributed by atoms with E-state index >= 15 is 4.39 Å². The smallest absolute Gasteiger partial charge is 0.416 e. The maximum Gasteiger partial charge on any atom is 0.416 e. The number of hydrogen-bond donors (Lipinski definition) is 2. The normalized spacial score (nSPS) is 15.1. The summed E-state index contributed by atoms with van der Waals surface area (Å²) in [5.41, 5.74) is 2.69. The number of rotatable bonds is 9. The zero-order valence-corrected chi connectivity index (χ0v) is 25.7. The molecule has 3 heterocycles. The van der Waals surface area contributed by atoms with E-state index in [4.69, 9.17) is 4.74 Å². The minimum Gasteiger partial charge on any atom is -0.493 e. The molecule has 0 aliphatic heterocycles. The number of nitrogens with one attached hydrogen (secondary N) is 2. The molecule has 0 radical (unpaired) electrons. The first kappa shape index (κ1) is 32.3. The third-order valence-electron chi connectivity index (χ3n) is 7.27. The minimum atomic E-state index is -4.67. The maximum atomic E-state index is 15.1. The molecule has 0 bridgehead atoms. The topological polar surface area (TPSA) is 88.7 Å². The number of aryl methyl sites for hydroxylation is 1. The summed E-state index contributed by atoms with van der Waals surface area (Å²) < 4.78 is 65.0. The molecule has 2 N–H and O–H groups in total. The summed E-state index contributed by atoms with van der Waals surface area (Å²) in [5, 5.41) is 9.89. The molecule has 5 rings (SSSR count). The average molecular weight is 636 g/mol. The highest BCUT2D eigenvalue weighted by Gasteiger charge is 2.33. The highest BCUT2D eigenvalue weighted by molar-refractivity contribution is 5.95. The van der Waals surface area contributed by atoms with E-state index in [-0.39, 0.29) is 24.5 Å². The lowest BCUT2D eigenvalue weighted by molar-refractivity contribution is -0.137. The van der Waals surface area contributed by atoms with E-state index in [0.717, 1.165) is 23.5 Å². The van der Waals surface area contributed by atoms with Crippen LogP contribution >= 0.6 is 0 Å². The fourth-order valence-electron chi connectivity index (χ4n) is 4.92. The number of allylic oxidation sites excluding steroid dienone is 3. The summed E-state index contributed by atoms with van der Waals surface area (Å²) in [6.45, 7) is 2.57. The Hall–Kier alpha value is -5.09. The molecular formula is C33H33F4N7O2. The maximum absolute atomic E-state index is 15.1. The van der Waals surface area contributed by atoms with Crippen molar-refractivity contribution in [2.45, 2.75) is 25.9 Å². The van der Waals surface area contributed by atoms with Crippen molar-refractivity contribution < 1.29 is 27.1 Å². The molecule has 1 aromatic carbocycles.